The van der Waals surface area contributed by atoms with Crippen LogP contribution in [0.5, 0.6) is 0 Å². The van der Waals surface area contributed by atoms with Gasteiger partial charge in [0.15, 0.2) is 0 Å². The summed E-state index contributed by atoms with van der Waals surface area (Å²) in [5.41, 5.74) is 0.896. The Bertz CT molecular complexity index is 619. The lowest BCUT2D eigenvalue weighted by molar-refractivity contribution is -0.127. The van der Waals surface area contributed by atoms with E-state index in [0.717, 1.165) is 17.0 Å². The van der Waals surface area contributed by atoms with Crippen molar-refractivity contribution in [2.45, 2.75) is 50.0 Å². The van der Waals surface area contributed by atoms with Gasteiger partial charge in [-0.25, -0.2) is 0 Å². The van der Waals surface area contributed by atoms with Crippen LogP contribution in [0, 0.1) is 11.8 Å². The van der Waals surface area contributed by atoms with Gasteiger partial charge >= 0.3 is 0 Å². The molecule has 24 heavy (non-hydrogen) atoms. The van der Waals surface area contributed by atoms with Crippen LogP contribution in [0.2, 0.25) is 0 Å². The number of benzene rings is 1. The molecular formula is C19H26N2O2S. The van der Waals surface area contributed by atoms with Gasteiger partial charge in [-0.2, -0.15) is 0 Å². The van der Waals surface area contributed by atoms with Gasteiger partial charge in [0, 0.05) is 29.6 Å². The van der Waals surface area contributed by atoms with E-state index >= 15 is 0 Å². The standard InChI is InChI=1S/C19H26N2O2S/c1-13-6-3-4-9-17(13)20-19(23)14-10-18(22)21(12-14)15-7-5-8-16(11-15)24-2/h5,7-8,11,13-14,17H,3-4,6,9-10,12H2,1-2H3,(H,20,23)/t13-,14+,17+/m0/s1. The van der Waals surface area contributed by atoms with Crippen LogP contribution in [0.4, 0.5) is 5.69 Å². The molecule has 1 aromatic carbocycles. The van der Waals surface area contributed by atoms with Crippen LogP contribution >= 0.6 is 11.8 Å². The van der Waals surface area contributed by atoms with Crippen LogP contribution in [0.15, 0.2) is 29.2 Å². The molecule has 5 heteroatoms. The molecule has 0 unspecified atom stereocenters. The number of amides is 2. The van der Waals surface area contributed by atoms with Crippen molar-refractivity contribution in [3.05, 3.63) is 24.3 Å². The van der Waals surface area contributed by atoms with Crippen LogP contribution < -0.4 is 10.2 Å². The molecule has 1 saturated carbocycles. The Hall–Kier alpha value is -1.49. The second kappa shape index (κ2) is 7.60. The Morgan fingerprint density at radius 2 is 2.08 bits per heavy atom. The quantitative estimate of drug-likeness (QED) is 0.850. The van der Waals surface area contributed by atoms with Crippen molar-refractivity contribution in [1.82, 2.24) is 5.32 Å². The Kier molecular flexibility index (Phi) is 5.49. The SMILES string of the molecule is CSc1cccc(N2C[C@H](C(=O)N[C@@H]3CCCC[C@@H]3C)CC2=O)c1. The lowest BCUT2D eigenvalue weighted by atomic mass is 9.85. The summed E-state index contributed by atoms with van der Waals surface area (Å²) < 4.78 is 0. The van der Waals surface area contributed by atoms with Crippen molar-refractivity contribution < 1.29 is 9.59 Å². The third-order valence-electron chi connectivity index (χ3n) is 5.30. The molecule has 2 aliphatic rings. The predicted molar refractivity (Wildman–Crippen MR) is 98.2 cm³/mol. The molecule has 130 valence electrons. The summed E-state index contributed by atoms with van der Waals surface area (Å²) in [4.78, 5) is 27.9. The highest BCUT2D eigenvalue weighted by molar-refractivity contribution is 7.98. The van der Waals surface area contributed by atoms with Gasteiger partial charge in [0.25, 0.3) is 0 Å². The number of nitrogens with zero attached hydrogens (tertiary/aromatic N) is 1. The van der Waals surface area contributed by atoms with Gasteiger partial charge in [-0.3, -0.25) is 9.59 Å². The summed E-state index contributed by atoms with van der Waals surface area (Å²) in [7, 11) is 0. The monoisotopic (exact) mass is 346 g/mol. The van der Waals surface area contributed by atoms with Crippen molar-refractivity contribution in [2.24, 2.45) is 11.8 Å². The van der Waals surface area contributed by atoms with Crippen molar-refractivity contribution >= 4 is 29.3 Å². The first kappa shape index (κ1) is 17.3. The minimum absolute atomic E-state index is 0.0464. The fourth-order valence-electron chi connectivity index (χ4n) is 3.74. The average Bonchev–Trinajstić information content (AvgIpc) is 2.99. The summed E-state index contributed by atoms with van der Waals surface area (Å²) in [6.07, 6.45) is 7.03. The van der Waals surface area contributed by atoms with E-state index in [1.54, 1.807) is 16.7 Å². The number of hydrogen-bond acceptors (Lipinski definition) is 3. The van der Waals surface area contributed by atoms with E-state index in [-0.39, 0.29) is 23.8 Å². The maximum absolute atomic E-state index is 12.6. The van der Waals surface area contributed by atoms with Crippen molar-refractivity contribution in [2.75, 3.05) is 17.7 Å². The minimum Gasteiger partial charge on any atom is -0.353 e. The Morgan fingerprint density at radius 3 is 2.83 bits per heavy atom. The first-order valence-electron chi connectivity index (χ1n) is 8.83. The Labute approximate surface area is 148 Å². The number of thioether (sulfide) groups is 1. The minimum atomic E-state index is -0.232. The number of anilines is 1. The van der Waals surface area contributed by atoms with Gasteiger partial charge in [-0.15, -0.1) is 11.8 Å². The second-order valence-corrected chi connectivity index (χ2v) is 7.86. The molecule has 3 atom stereocenters. The molecule has 0 bridgehead atoms. The molecular weight excluding hydrogens is 320 g/mol. The highest BCUT2D eigenvalue weighted by atomic mass is 32.2. The molecule has 1 N–H and O–H groups in total. The van der Waals surface area contributed by atoms with E-state index in [4.69, 9.17) is 0 Å². The molecule has 1 aromatic rings. The Balaban J connectivity index is 1.64. The normalized spacial score (nSPS) is 27.3. The molecule has 2 fully saturated rings. The van der Waals surface area contributed by atoms with Gasteiger partial charge in [-0.05, 0) is 43.2 Å². The van der Waals surface area contributed by atoms with E-state index in [1.807, 2.05) is 30.5 Å². The maximum Gasteiger partial charge on any atom is 0.227 e. The molecule has 0 radical (unpaired) electrons. The van der Waals surface area contributed by atoms with Crippen LogP contribution in [0.1, 0.15) is 39.0 Å². The van der Waals surface area contributed by atoms with Gasteiger partial charge in [0.2, 0.25) is 11.8 Å². The predicted octanol–water partition coefficient (Wildman–Crippen LogP) is 3.46. The lowest BCUT2D eigenvalue weighted by Crippen LogP contribution is -2.44. The van der Waals surface area contributed by atoms with Gasteiger partial charge in [-0.1, -0.05) is 25.8 Å². The molecule has 1 aliphatic heterocycles. The molecule has 4 nitrogen and oxygen atoms in total. The molecule has 2 amide bonds. The van der Waals surface area contributed by atoms with E-state index < -0.39 is 0 Å². The number of nitrogens with one attached hydrogen (secondary N) is 1. The molecule has 0 spiro atoms. The van der Waals surface area contributed by atoms with E-state index in [0.29, 0.717) is 18.9 Å². The smallest absolute Gasteiger partial charge is 0.227 e. The number of carbonyl (C=O) groups excluding carboxylic acids is 2. The van der Waals surface area contributed by atoms with Crippen LogP contribution in [0.25, 0.3) is 0 Å². The maximum atomic E-state index is 12.6. The molecule has 0 aromatic heterocycles. The Morgan fingerprint density at radius 1 is 1.29 bits per heavy atom. The van der Waals surface area contributed by atoms with Crippen molar-refractivity contribution in [1.29, 1.82) is 0 Å². The number of carbonyl (C=O) groups is 2. The zero-order valence-corrected chi connectivity index (χ0v) is 15.3. The first-order valence-corrected chi connectivity index (χ1v) is 10.1. The summed E-state index contributed by atoms with van der Waals surface area (Å²) in [5, 5.41) is 3.20. The van der Waals surface area contributed by atoms with Gasteiger partial charge in [0.05, 0.1) is 5.92 Å². The zero-order valence-electron chi connectivity index (χ0n) is 14.5. The van der Waals surface area contributed by atoms with E-state index in [2.05, 4.69) is 12.2 Å². The summed E-state index contributed by atoms with van der Waals surface area (Å²) in [6.45, 7) is 2.70. The third-order valence-corrected chi connectivity index (χ3v) is 6.03. The highest BCUT2D eigenvalue weighted by Gasteiger charge is 2.36. The molecule has 1 aliphatic carbocycles. The summed E-state index contributed by atoms with van der Waals surface area (Å²) in [5.74, 6) is 0.398. The summed E-state index contributed by atoms with van der Waals surface area (Å²) in [6, 6.07) is 8.23. The average molecular weight is 346 g/mol. The lowest BCUT2D eigenvalue weighted by Gasteiger charge is -2.30. The molecule has 1 heterocycles. The molecule has 3 rings (SSSR count). The fourth-order valence-corrected chi connectivity index (χ4v) is 4.20. The molecule has 1 saturated heterocycles. The van der Waals surface area contributed by atoms with Crippen LogP contribution in [0.3, 0.4) is 0 Å². The van der Waals surface area contributed by atoms with Crippen molar-refractivity contribution in [3.8, 4) is 0 Å². The van der Waals surface area contributed by atoms with Crippen molar-refractivity contribution in [3.63, 3.8) is 0 Å². The van der Waals surface area contributed by atoms with E-state index in [9.17, 15) is 9.59 Å². The van der Waals surface area contributed by atoms with Gasteiger partial charge in [0.1, 0.15) is 0 Å². The number of hydrogen-bond donors (Lipinski definition) is 1. The highest BCUT2D eigenvalue weighted by Crippen LogP contribution is 2.29. The second-order valence-electron chi connectivity index (χ2n) is 6.98. The summed E-state index contributed by atoms with van der Waals surface area (Å²) >= 11 is 1.66. The first-order chi connectivity index (χ1) is 11.6. The van der Waals surface area contributed by atoms with Gasteiger partial charge < -0.3 is 10.2 Å². The third kappa shape index (κ3) is 3.77. The van der Waals surface area contributed by atoms with Crippen LogP contribution in [-0.2, 0) is 9.59 Å². The topological polar surface area (TPSA) is 49.4 Å². The van der Waals surface area contributed by atoms with Crippen LogP contribution in [-0.4, -0.2) is 30.7 Å². The fraction of sp³-hybridized carbons (Fsp3) is 0.579. The van der Waals surface area contributed by atoms with E-state index in [1.165, 1.54) is 19.3 Å². The zero-order chi connectivity index (χ0) is 17.1. The largest absolute Gasteiger partial charge is 0.353 e. The number of rotatable bonds is 4.